The lowest BCUT2D eigenvalue weighted by Crippen LogP contribution is -2.27. The predicted molar refractivity (Wildman–Crippen MR) is 250 cm³/mol. The number of rotatable bonds is 34. The zero-order valence-electron chi connectivity index (χ0n) is 38.7. The van der Waals surface area contributed by atoms with Gasteiger partial charge in [-0.05, 0) is 72.5 Å². The van der Waals surface area contributed by atoms with Gasteiger partial charge in [0.15, 0.2) is 11.5 Å². The number of carbonyl (C=O) groups is 4. The van der Waals surface area contributed by atoms with Crippen LogP contribution >= 0.6 is 0 Å². The quantitative estimate of drug-likeness (QED) is 0.0124. The van der Waals surface area contributed by atoms with E-state index in [0.717, 1.165) is 11.1 Å². The largest absolute Gasteiger partial charge is 0.447 e. The Kier molecular flexibility index (Phi) is 31.0. The van der Waals surface area contributed by atoms with Crippen LogP contribution in [0.4, 0.5) is 9.59 Å². The van der Waals surface area contributed by atoms with Crippen molar-refractivity contribution in [2.24, 2.45) is 0 Å². The number of alkyl carbamates (subject to hydrolysis) is 2. The van der Waals surface area contributed by atoms with Gasteiger partial charge < -0.3 is 78.0 Å². The van der Waals surface area contributed by atoms with Crippen LogP contribution in [-0.4, -0.2) is 164 Å². The number of esters is 2. The summed E-state index contributed by atoms with van der Waals surface area (Å²) >= 11 is 0. The molecule has 22 nitrogen and oxygen atoms in total. The zero-order chi connectivity index (χ0) is 50.3. The lowest BCUT2D eigenvalue weighted by Gasteiger charge is -2.13. The maximum absolute atomic E-state index is 12.7. The van der Waals surface area contributed by atoms with Gasteiger partial charge in [0.25, 0.3) is 0 Å². The molecule has 22 heteroatoms. The van der Waals surface area contributed by atoms with Crippen molar-refractivity contribution in [1.29, 1.82) is 0 Å². The summed E-state index contributed by atoms with van der Waals surface area (Å²) in [6.45, 7) is 4.87. The van der Waals surface area contributed by atoms with Gasteiger partial charge in [0.05, 0.1) is 104 Å². The molecule has 70 heavy (non-hydrogen) atoms. The molecule has 0 radical (unpaired) electrons. The van der Waals surface area contributed by atoms with Gasteiger partial charge in [-0.2, -0.15) is 0 Å². The van der Waals surface area contributed by atoms with Gasteiger partial charge in [0.1, 0.15) is 13.2 Å². The van der Waals surface area contributed by atoms with Crippen molar-refractivity contribution in [2.45, 2.75) is 12.8 Å². The van der Waals surface area contributed by atoms with Crippen LogP contribution in [0.15, 0.2) is 97.1 Å². The molecular formula is C48H64N2O20. The molecule has 2 amide bonds. The molecule has 4 rings (SSSR count). The first kappa shape index (κ1) is 57.9. The third-order valence-corrected chi connectivity index (χ3v) is 8.88. The first-order valence-corrected chi connectivity index (χ1v) is 22.2. The average Bonchev–Trinajstić information content (AvgIpc) is 3.38. The van der Waals surface area contributed by atoms with Gasteiger partial charge in [0, 0.05) is 14.5 Å². The Balaban J connectivity index is 0.000000520. The van der Waals surface area contributed by atoms with Crippen LogP contribution in [0.3, 0.4) is 0 Å². The molecule has 0 unspecified atom stereocenters. The van der Waals surface area contributed by atoms with Crippen LogP contribution in [0, 0.1) is 0 Å². The van der Waals surface area contributed by atoms with E-state index >= 15 is 0 Å². The molecule has 6 N–H and O–H groups in total. The first-order chi connectivity index (χ1) is 34.3. The molecular weight excluding hydrogens is 925 g/mol. The Morgan fingerprint density at radius 1 is 0.414 bits per heavy atom. The molecule has 0 saturated carbocycles. The summed E-state index contributed by atoms with van der Waals surface area (Å²) in [6.07, 6.45) is -0.323. The number of carbonyl (C=O) groups excluding carboxylic acids is 4. The van der Waals surface area contributed by atoms with E-state index in [1.165, 1.54) is 12.1 Å². The highest BCUT2D eigenvalue weighted by atomic mass is 17.1. The second kappa shape index (κ2) is 37.5. The summed E-state index contributed by atoms with van der Waals surface area (Å²) in [7, 11) is 0. The minimum Gasteiger partial charge on any atom is -0.447 e. The molecule has 0 aromatic heterocycles. The summed E-state index contributed by atoms with van der Waals surface area (Å²) in [6, 6.07) is 26.3. The minimum absolute atomic E-state index is 0. The molecule has 0 heterocycles. The van der Waals surface area contributed by atoms with Crippen molar-refractivity contribution >= 4 is 24.1 Å². The molecule has 386 valence electrons. The van der Waals surface area contributed by atoms with Crippen LogP contribution < -0.4 is 29.9 Å². The number of ether oxygens (including phenoxy) is 10. The SMILES string of the molecule is O=C(NCCc1ccc(OC(=O)c2ccccc2)c(OC(=O)c2ccccc2)c1)OCCOCCOCCOCCO.O=C(NCCc1ccc(OO)c(OO)c1)OCCOCCOCCOCCO.[HH]. The van der Waals surface area contributed by atoms with Crippen LogP contribution in [0.25, 0.3) is 0 Å². The Bertz CT molecular complexity index is 2050. The number of amides is 2. The Morgan fingerprint density at radius 2 is 0.771 bits per heavy atom. The van der Waals surface area contributed by atoms with E-state index in [1.54, 1.807) is 84.9 Å². The molecule has 0 aliphatic rings. The van der Waals surface area contributed by atoms with E-state index < -0.39 is 24.1 Å². The second-order valence-corrected chi connectivity index (χ2v) is 14.0. The molecule has 0 fully saturated rings. The standard InChI is InChI=1S/C31H35NO10.C17H27NO10.H2/c33-15-16-37-17-18-38-19-20-39-21-22-40-31(36)32-14-13-24-11-12-27(41-29(34)25-7-3-1-4-8-25)28(23-24)42-30(35)26-9-5-2-6-10-26;19-5-6-23-7-8-24-9-10-25-11-12-26-17(20)18-4-3-14-1-2-15(27-21)16(13-14)28-22;/h1-12,23,33H,13-22H2,(H,32,36);1-2,13,19,21-22H,3-12H2,(H,18,20);1H. The van der Waals surface area contributed by atoms with Gasteiger partial charge in [-0.25, -0.2) is 29.7 Å². The van der Waals surface area contributed by atoms with Crippen LogP contribution in [0.2, 0.25) is 0 Å². The number of aliphatic hydroxyl groups excluding tert-OH is 2. The Hall–Kier alpha value is -6.44. The molecule has 4 aromatic carbocycles. The number of aliphatic hydroxyl groups is 2. The van der Waals surface area contributed by atoms with Crippen molar-refractivity contribution in [3.63, 3.8) is 0 Å². The zero-order valence-corrected chi connectivity index (χ0v) is 38.7. The molecule has 4 aromatic rings. The summed E-state index contributed by atoms with van der Waals surface area (Å²) in [5.41, 5.74) is 2.17. The molecule has 0 saturated heterocycles. The lowest BCUT2D eigenvalue weighted by atomic mass is 10.1. The number of hydrogen-bond acceptors (Lipinski definition) is 20. The highest BCUT2D eigenvalue weighted by Gasteiger charge is 2.17. The third-order valence-electron chi connectivity index (χ3n) is 8.88. The van der Waals surface area contributed by atoms with Gasteiger partial charge in [-0.1, -0.05) is 48.5 Å². The van der Waals surface area contributed by atoms with Crippen molar-refractivity contribution < 1.29 is 98.5 Å². The van der Waals surface area contributed by atoms with Crippen LogP contribution in [0.1, 0.15) is 33.3 Å². The first-order valence-electron chi connectivity index (χ1n) is 22.2. The molecule has 0 bridgehead atoms. The maximum Gasteiger partial charge on any atom is 0.407 e. The summed E-state index contributed by atoms with van der Waals surface area (Å²) in [5.74, 6) is -1.10. The topological polar surface area (TPSA) is 284 Å². The highest BCUT2D eigenvalue weighted by Crippen LogP contribution is 2.31. The Labute approximate surface area is 406 Å². The maximum atomic E-state index is 12.7. The summed E-state index contributed by atoms with van der Waals surface area (Å²) < 4.78 is 52.4. The van der Waals surface area contributed by atoms with E-state index in [9.17, 15) is 19.2 Å². The smallest absolute Gasteiger partial charge is 0.407 e. The van der Waals surface area contributed by atoms with Crippen molar-refractivity contribution in [1.82, 2.24) is 10.6 Å². The van der Waals surface area contributed by atoms with E-state index in [2.05, 4.69) is 20.4 Å². The molecule has 0 spiro atoms. The summed E-state index contributed by atoms with van der Waals surface area (Å²) in [4.78, 5) is 57.0. The summed E-state index contributed by atoms with van der Waals surface area (Å²) in [5, 5.41) is 39.7. The fraction of sp³-hybridized carbons (Fsp3) is 0.417. The number of benzene rings is 4. The van der Waals surface area contributed by atoms with Gasteiger partial charge in [-0.15, -0.1) is 0 Å². The monoisotopic (exact) mass is 988 g/mol. The minimum atomic E-state index is -0.604. The van der Waals surface area contributed by atoms with E-state index in [0.29, 0.717) is 90.0 Å². The Morgan fingerprint density at radius 3 is 1.17 bits per heavy atom. The normalized spacial score (nSPS) is 10.6. The van der Waals surface area contributed by atoms with E-state index in [-0.39, 0.29) is 77.2 Å². The predicted octanol–water partition coefficient (Wildman–Crippen LogP) is 4.38. The van der Waals surface area contributed by atoms with Gasteiger partial charge >= 0.3 is 24.1 Å². The number of hydrogen-bond donors (Lipinski definition) is 6. The third kappa shape index (κ3) is 25.8. The fourth-order valence-corrected chi connectivity index (χ4v) is 5.51. The molecule has 0 aliphatic carbocycles. The van der Waals surface area contributed by atoms with Crippen LogP contribution in [-0.2, 0) is 50.7 Å². The lowest BCUT2D eigenvalue weighted by molar-refractivity contribution is -0.164. The van der Waals surface area contributed by atoms with Crippen molar-refractivity contribution in [3.8, 4) is 23.0 Å². The van der Waals surface area contributed by atoms with Crippen LogP contribution in [0.5, 0.6) is 23.0 Å². The second-order valence-electron chi connectivity index (χ2n) is 14.0. The van der Waals surface area contributed by atoms with E-state index in [1.807, 2.05) is 0 Å². The number of nitrogens with one attached hydrogen (secondary N) is 2. The fourth-order valence-electron chi connectivity index (χ4n) is 5.51. The molecule has 0 aliphatic heterocycles. The van der Waals surface area contributed by atoms with Crippen molar-refractivity contribution in [3.05, 3.63) is 119 Å². The van der Waals surface area contributed by atoms with Crippen molar-refractivity contribution in [2.75, 3.05) is 119 Å². The molecule has 0 atom stereocenters. The van der Waals surface area contributed by atoms with Gasteiger partial charge in [0.2, 0.25) is 11.5 Å². The highest BCUT2D eigenvalue weighted by molar-refractivity contribution is 5.93. The average molecular weight is 989 g/mol. The van der Waals surface area contributed by atoms with E-state index in [4.69, 9.17) is 68.1 Å². The van der Waals surface area contributed by atoms with Gasteiger partial charge in [-0.3, -0.25) is 0 Å².